The van der Waals surface area contributed by atoms with Crippen LogP contribution in [-0.4, -0.2) is 23.7 Å². The highest BCUT2D eigenvalue weighted by molar-refractivity contribution is 7.92. The lowest BCUT2D eigenvalue weighted by molar-refractivity contribution is 0.0792. The van der Waals surface area contributed by atoms with Crippen molar-refractivity contribution in [2.45, 2.75) is 38.2 Å². The van der Waals surface area contributed by atoms with Crippen LogP contribution in [0.15, 0.2) is 68.8 Å². The summed E-state index contributed by atoms with van der Waals surface area (Å²) in [5, 5.41) is 14.7. The van der Waals surface area contributed by atoms with Crippen molar-refractivity contribution in [2.24, 2.45) is 0 Å². The van der Waals surface area contributed by atoms with Gasteiger partial charge in [0, 0.05) is 16.7 Å². The molecular formula is C23H23N3O5S. The summed E-state index contributed by atoms with van der Waals surface area (Å²) < 4.78 is 39.6. The Labute approximate surface area is 186 Å². The van der Waals surface area contributed by atoms with E-state index in [1.54, 1.807) is 64.1 Å². The molecule has 32 heavy (non-hydrogen) atoms. The molecule has 0 aliphatic carbocycles. The Morgan fingerprint density at radius 1 is 1.06 bits per heavy atom. The van der Waals surface area contributed by atoms with Gasteiger partial charge in [-0.05, 0) is 57.0 Å². The molecule has 0 saturated heterocycles. The second-order valence-electron chi connectivity index (χ2n) is 7.98. The first kappa shape index (κ1) is 21.8. The number of nitrogens with zero attached hydrogens (tertiary/aromatic N) is 2. The lowest BCUT2D eigenvalue weighted by Gasteiger charge is -2.23. The van der Waals surface area contributed by atoms with Crippen LogP contribution in [0.2, 0.25) is 0 Å². The van der Waals surface area contributed by atoms with E-state index in [4.69, 9.17) is 8.94 Å². The van der Waals surface area contributed by atoms with E-state index < -0.39 is 15.6 Å². The van der Waals surface area contributed by atoms with E-state index in [1.807, 2.05) is 0 Å². The molecule has 9 heteroatoms. The summed E-state index contributed by atoms with van der Waals surface area (Å²) in [7, 11) is -4.01. The predicted octanol–water partition coefficient (Wildman–Crippen LogP) is 4.64. The molecule has 0 aliphatic heterocycles. The number of sulfonamides is 1. The number of rotatable bonds is 6. The molecule has 4 rings (SSSR count). The molecular weight excluding hydrogens is 430 g/mol. The van der Waals surface area contributed by atoms with Gasteiger partial charge in [-0.3, -0.25) is 0 Å². The van der Waals surface area contributed by atoms with Gasteiger partial charge in [-0.2, -0.15) is 0 Å². The van der Waals surface area contributed by atoms with Gasteiger partial charge in [0.15, 0.2) is 0 Å². The van der Waals surface area contributed by atoms with Crippen LogP contribution in [-0.2, 0) is 15.6 Å². The third-order valence-electron chi connectivity index (χ3n) is 5.21. The number of hydrogen-bond donors (Lipinski definition) is 2. The largest absolute Gasteiger partial charge is 0.445 e. The van der Waals surface area contributed by atoms with Gasteiger partial charge in [0.1, 0.15) is 6.26 Å². The zero-order valence-corrected chi connectivity index (χ0v) is 18.9. The Balaban J connectivity index is 1.86. The number of oxazole rings is 1. The molecule has 2 heterocycles. The highest BCUT2D eigenvalue weighted by atomic mass is 32.2. The number of anilines is 1. The normalized spacial score (nSPS) is 12.2. The van der Waals surface area contributed by atoms with Crippen molar-refractivity contribution in [3.8, 4) is 22.6 Å². The number of benzene rings is 2. The summed E-state index contributed by atoms with van der Waals surface area (Å²) in [4.78, 5) is 4.20. The average Bonchev–Trinajstić information content (AvgIpc) is 3.39. The fourth-order valence-electron chi connectivity index (χ4n) is 3.40. The maximum Gasteiger partial charge on any atom is 0.264 e. The van der Waals surface area contributed by atoms with E-state index in [9.17, 15) is 13.5 Å². The van der Waals surface area contributed by atoms with Gasteiger partial charge in [0.05, 0.1) is 22.4 Å². The second kappa shape index (κ2) is 7.92. The van der Waals surface area contributed by atoms with Crippen molar-refractivity contribution in [2.75, 3.05) is 4.72 Å². The lowest BCUT2D eigenvalue weighted by atomic mass is 9.88. The Kier molecular flexibility index (Phi) is 5.39. The number of aromatic nitrogens is 2. The van der Waals surface area contributed by atoms with Gasteiger partial charge in [-0.25, -0.2) is 18.1 Å². The molecule has 0 unspecified atom stereocenters. The molecule has 8 nitrogen and oxygen atoms in total. The van der Waals surface area contributed by atoms with Crippen molar-refractivity contribution in [3.05, 3.63) is 71.7 Å². The molecule has 2 aromatic heterocycles. The average molecular weight is 454 g/mol. The van der Waals surface area contributed by atoms with E-state index in [0.717, 1.165) is 0 Å². The third-order valence-corrected chi connectivity index (χ3v) is 6.60. The molecule has 2 N–H and O–H groups in total. The summed E-state index contributed by atoms with van der Waals surface area (Å²) in [5.41, 5.74) is 2.15. The van der Waals surface area contributed by atoms with Crippen molar-refractivity contribution in [1.82, 2.24) is 10.1 Å². The molecule has 0 radical (unpaired) electrons. The first-order valence-corrected chi connectivity index (χ1v) is 11.4. The fourth-order valence-corrected chi connectivity index (χ4v) is 4.66. The molecule has 0 amide bonds. The monoisotopic (exact) mass is 453 g/mol. The zero-order valence-electron chi connectivity index (χ0n) is 18.1. The zero-order chi connectivity index (χ0) is 23.1. The van der Waals surface area contributed by atoms with Gasteiger partial charge in [-0.15, -0.1) is 0 Å². The van der Waals surface area contributed by atoms with Crippen LogP contribution in [0, 0.1) is 13.8 Å². The van der Waals surface area contributed by atoms with E-state index in [1.165, 1.54) is 18.5 Å². The Morgan fingerprint density at radius 2 is 1.81 bits per heavy atom. The molecule has 166 valence electrons. The number of aryl methyl sites for hydroxylation is 1. The third kappa shape index (κ3) is 4.04. The summed E-state index contributed by atoms with van der Waals surface area (Å²) >= 11 is 0. The topological polar surface area (TPSA) is 118 Å². The molecule has 0 saturated carbocycles. The first-order chi connectivity index (χ1) is 15.1. The highest BCUT2D eigenvalue weighted by Gasteiger charge is 2.27. The van der Waals surface area contributed by atoms with E-state index in [-0.39, 0.29) is 10.8 Å². The second-order valence-corrected chi connectivity index (χ2v) is 9.63. The summed E-state index contributed by atoms with van der Waals surface area (Å²) in [5.74, 6) is 0.472. The Morgan fingerprint density at radius 3 is 2.44 bits per heavy atom. The number of aliphatic hydroxyl groups is 1. The van der Waals surface area contributed by atoms with E-state index in [2.05, 4.69) is 14.9 Å². The van der Waals surface area contributed by atoms with Crippen molar-refractivity contribution in [1.29, 1.82) is 0 Å². The minimum atomic E-state index is -4.01. The van der Waals surface area contributed by atoms with Crippen LogP contribution in [0.5, 0.6) is 0 Å². The summed E-state index contributed by atoms with van der Waals surface area (Å²) in [6, 6.07) is 11.9. The van der Waals surface area contributed by atoms with E-state index in [0.29, 0.717) is 39.4 Å². The predicted molar refractivity (Wildman–Crippen MR) is 119 cm³/mol. The van der Waals surface area contributed by atoms with Crippen molar-refractivity contribution >= 4 is 15.9 Å². The van der Waals surface area contributed by atoms with Crippen LogP contribution in [0.3, 0.4) is 0 Å². The van der Waals surface area contributed by atoms with Gasteiger partial charge >= 0.3 is 0 Å². The fraction of sp³-hybridized carbons (Fsp3) is 0.217. The molecule has 0 fully saturated rings. The maximum absolute atomic E-state index is 13.3. The Bertz CT molecular complexity index is 1370. The minimum absolute atomic E-state index is 0.0443. The number of hydrogen-bond acceptors (Lipinski definition) is 7. The Hall–Kier alpha value is -3.43. The maximum atomic E-state index is 13.3. The molecule has 2 aromatic carbocycles. The number of nitrogens with one attached hydrogen (secondary N) is 1. The molecule has 0 bridgehead atoms. The molecule has 0 atom stereocenters. The summed E-state index contributed by atoms with van der Waals surface area (Å²) in [6.07, 6.45) is 3.00. The smallest absolute Gasteiger partial charge is 0.264 e. The van der Waals surface area contributed by atoms with Crippen LogP contribution in [0.1, 0.15) is 30.7 Å². The lowest BCUT2D eigenvalue weighted by Crippen LogP contribution is -2.18. The molecule has 4 aromatic rings. The quantitative estimate of drug-likeness (QED) is 0.436. The van der Waals surface area contributed by atoms with Crippen molar-refractivity contribution in [3.63, 3.8) is 0 Å². The van der Waals surface area contributed by atoms with Gasteiger partial charge < -0.3 is 14.0 Å². The molecule has 0 spiro atoms. The van der Waals surface area contributed by atoms with Gasteiger partial charge in [0.2, 0.25) is 11.8 Å². The standard InChI is InChI=1S/C23H23N3O5S/c1-14-15(2)25-31-21(14)26-32(28,29)20-8-6-5-7-18(20)17-10-9-16(22-24-11-12-30-22)13-19(17)23(3,4)27/h5-13,26-27H,1-4H3. The SMILES string of the molecule is Cc1noc(NS(=O)(=O)c2ccccc2-c2ccc(-c3ncco3)cc2C(C)(C)O)c1C. The van der Waals surface area contributed by atoms with Crippen molar-refractivity contribution < 1.29 is 22.5 Å². The summed E-state index contributed by atoms with van der Waals surface area (Å²) in [6.45, 7) is 6.74. The minimum Gasteiger partial charge on any atom is -0.445 e. The van der Waals surface area contributed by atoms with Gasteiger partial charge in [-0.1, -0.05) is 29.4 Å². The van der Waals surface area contributed by atoms with Gasteiger partial charge in [0.25, 0.3) is 10.0 Å². The van der Waals surface area contributed by atoms with Crippen LogP contribution in [0.25, 0.3) is 22.6 Å². The first-order valence-electron chi connectivity index (χ1n) is 9.90. The highest BCUT2D eigenvalue weighted by Crippen LogP contribution is 2.38. The van der Waals surface area contributed by atoms with Crippen LogP contribution in [0.4, 0.5) is 5.88 Å². The molecule has 0 aliphatic rings. The van der Waals surface area contributed by atoms with E-state index >= 15 is 0 Å². The van der Waals surface area contributed by atoms with Crippen LogP contribution < -0.4 is 4.72 Å². The van der Waals surface area contributed by atoms with Crippen LogP contribution >= 0.6 is 0 Å².